The van der Waals surface area contributed by atoms with Crippen molar-refractivity contribution in [2.24, 2.45) is 0 Å². The highest BCUT2D eigenvalue weighted by Gasteiger charge is 2.36. The van der Waals surface area contributed by atoms with E-state index in [1.165, 1.54) is 0 Å². The highest BCUT2D eigenvalue weighted by Crippen LogP contribution is 2.42. The smallest absolute Gasteiger partial charge is 0.320 e. The van der Waals surface area contributed by atoms with Crippen LogP contribution in [0, 0.1) is 0 Å². The topological polar surface area (TPSA) is 59.0 Å². The monoisotopic (exact) mass is 511 g/mol. The summed E-state index contributed by atoms with van der Waals surface area (Å²) in [5, 5.41) is 9.85. The van der Waals surface area contributed by atoms with Crippen molar-refractivity contribution in [3.8, 4) is 11.5 Å². The number of hydrogen-bond acceptors (Lipinski definition) is 4. The Balaban J connectivity index is 2.18. The maximum absolute atomic E-state index is 12.0. The van der Waals surface area contributed by atoms with E-state index in [0.717, 1.165) is 39.5 Å². The number of likely N-dealkylation sites (tertiary alicyclic amines) is 1. The zero-order valence-electron chi connectivity index (χ0n) is 15.8. The molecule has 0 radical (unpaired) electrons. The molecular weight excluding hydrogens is 490 g/mol. The first-order valence-corrected chi connectivity index (χ1v) is 10.7. The van der Waals surface area contributed by atoms with Crippen LogP contribution in [0.1, 0.15) is 36.4 Å². The van der Waals surface area contributed by atoms with Crippen molar-refractivity contribution in [2.75, 3.05) is 20.8 Å². The van der Waals surface area contributed by atoms with Crippen molar-refractivity contribution in [3.05, 3.63) is 56.5 Å². The van der Waals surface area contributed by atoms with E-state index in [4.69, 9.17) is 9.47 Å². The van der Waals surface area contributed by atoms with E-state index in [2.05, 4.69) is 36.8 Å². The van der Waals surface area contributed by atoms with Gasteiger partial charge in [0.15, 0.2) is 11.5 Å². The van der Waals surface area contributed by atoms with Crippen molar-refractivity contribution >= 4 is 37.8 Å². The number of methoxy groups -OCH3 is 2. The van der Waals surface area contributed by atoms with Gasteiger partial charge in [0, 0.05) is 8.95 Å². The zero-order valence-corrected chi connectivity index (χ0v) is 19.0. The number of nitrogens with zero attached hydrogens (tertiary/aromatic N) is 1. The summed E-state index contributed by atoms with van der Waals surface area (Å²) < 4.78 is 12.7. The Morgan fingerprint density at radius 3 is 2.50 bits per heavy atom. The highest BCUT2D eigenvalue weighted by atomic mass is 79.9. The molecule has 5 nitrogen and oxygen atoms in total. The van der Waals surface area contributed by atoms with Gasteiger partial charge in [-0.3, -0.25) is 9.69 Å². The summed E-state index contributed by atoms with van der Waals surface area (Å²) in [5.41, 5.74) is 1.97. The first kappa shape index (κ1) is 21.1. The molecule has 0 bridgehead atoms. The second-order valence-corrected chi connectivity index (χ2v) is 8.54. The third kappa shape index (κ3) is 4.36. The Labute approximate surface area is 181 Å². The van der Waals surface area contributed by atoms with Gasteiger partial charge >= 0.3 is 5.97 Å². The Kier molecular flexibility index (Phi) is 7.01. The summed E-state index contributed by atoms with van der Waals surface area (Å²) in [6, 6.07) is 11.1. The highest BCUT2D eigenvalue weighted by molar-refractivity contribution is 9.10. The molecule has 0 amide bonds. The van der Waals surface area contributed by atoms with Crippen molar-refractivity contribution in [3.63, 3.8) is 0 Å². The second kappa shape index (κ2) is 9.29. The van der Waals surface area contributed by atoms with Crippen LogP contribution >= 0.6 is 31.9 Å². The number of ether oxygens (including phenoxy) is 2. The van der Waals surface area contributed by atoms with Crippen molar-refractivity contribution in [1.82, 2.24) is 4.90 Å². The van der Waals surface area contributed by atoms with Crippen LogP contribution in [0.5, 0.6) is 11.5 Å². The molecule has 0 aromatic heterocycles. The predicted molar refractivity (Wildman–Crippen MR) is 115 cm³/mol. The van der Waals surface area contributed by atoms with E-state index in [-0.39, 0.29) is 6.04 Å². The minimum absolute atomic E-state index is 0.229. The van der Waals surface area contributed by atoms with E-state index in [0.29, 0.717) is 17.9 Å². The lowest BCUT2D eigenvalue weighted by molar-refractivity contribution is -0.145. The van der Waals surface area contributed by atoms with Crippen LogP contribution in [0.15, 0.2) is 45.3 Å². The largest absolute Gasteiger partial charge is 0.493 e. The summed E-state index contributed by atoms with van der Waals surface area (Å²) in [4.78, 5) is 14.1. The Bertz CT molecular complexity index is 858. The lowest BCUT2D eigenvalue weighted by atomic mass is 9.91. The molecule has 1 saturated heterocycles. The summed E-state index contributed by atoms with van der Waals surface area (Å²) in [5.74, 6) is 0.459. The van der Waals surface area contributed by atoms with Gasteiger partial charge in [-0.05, 0) is 54.8 Å². The van der Waals surface area contributed by atoms with Gasteiger partial charge < -0.3 is 14.6 Å². The van der Waals surface area contributed by atoms with E-state index in [9.17, 15) is 9.90 Å². The van der Waals surface area contributed by atoms with Gasteiger partial charge in [0.2, 0.25) is 0 Å². The molecule has 1 heterocycles. The molecule has 7 heteroatoms. The molecule has 1 aliphatic heterocycles. The van der Waals surface area contributed by atoms with Crippen molar-refractivity contribution in [1.29, 1.82) is 0 Å². The quantitative estimate of drug-likeness (QED) is 0.572. The van der Waals surface area contributed by atoms with Gasteiger partial charge in [0.05, 0.1) is 20.3 Å². The molecule has 2 aromatic rings. The van der Waals surface area contributed by atoms with Crippen LogP contribution < -0.4 is 9.47 Å². The summed E-state index contributed by atoms with van der Waals surface area (Å²) in [6.07, 6.45) is 2.54. The zero-order chi connectivity index (χ0) is 20.3. The summed E-state index contributed by atoms with van der Waals surface area (Å²) in [6.45, 7) is 0.717. The standard InChI is InChI=1S/C21H23Br2NO4/c1-27-18-11-15(16(23)12-19(18)28-2)20(13-6-5-7-14(22)10-13)24-9-4-3-8-17(24)21(25)26/h5-7,10-12,17,20H,3-4,8-9H2,1-2H3,(H,25,26). The summed E-state index contributed by atoms with van der Waals surface area (Å²) in [7, 11) is 3.20. The van der Waals surface area contributed by atoms with E-state index in [1.807, 2.05) is 36.4 Å². The predicted octanol–water partition coefficient (Wildman–Crippen LogP) is 5.26. The fourth-order valence-corrected chi connectivity index (χ4v) is 4.79. The molecule has 0 spiro atoms. The molecule has 28 heavy (non-hydrogen) atoms. The minimum Gasteiger partial charge on any atom is -0.493 e. The van der Waals surface area contributed by atoms with E-state index in [1.54, 1.807) is 14.2 Å². The molecular formula is C21H23Br2NO4. The van der Waals surface area contributed by atoms with Crippen molar-refractivity contribution in [2.45, 2.75) is 31.3 Å². The molecule has 2 unspecified atom stereocenters. The number of benzene rings is 2. The lowest BCUT2D eigenvalue weighted by Crippen LogP contribution is -2.47. The van der Waals surface area contributed by atoms with Crippen LogP contribution in [0.4, 0.5) is 0 Å². The molecule has 3 rings (SSSR count). The van der Waals surface area contributed by atoms with E-state index >= 15 is 0 Å². The van der Waals surface area contributed by atoms with Crippen molar-refractivity contribution < 1.29 is 19.4 Å². The van der Waals surface area contributed by atoms with Gasteiger partial charge in [0.25, 0.3) is 0 Å². The molecule has 0 saturated carbocycles. The molecule has 2 aromatic carbocycles. The fourth-order valence-electron chi connectivity index (χ4n) is 3.83. The number of aliphatic carboxylic acids is 1. The van der Waals surface area contributed by atoms with Gasteiger partial charge in [-0.15, -0.1) is 0 Å². The second-order valence-electron chi connectivity index (χ2n) is 6.77. The number of piperidine rings is 1. The Hall–Kier alpha value is -1.57. The van der Waals surface area contributed by atoms with Crippen LogP contribution in [-0.2, 0) is 4.79 Å². The van der Waals surface area contributed by atoms with Crippen LogP contribution in [0.2, 0.25) is 0 Å². The third-order valence-electron chi connectivity index (χ3n) is 5.12. The number of hydrogen-bond donors (Lipinski definition) is 1. The van der Waals surface area contributed by atoms with Gasteiger partial charge in [0.1, 0.15) is 6.04 Å². The Morgan fingerprint density at radius 2 is 1.86 bits per heavy atom. The number of carbonyl (C=O) groups is 1. The third-order valence-corrected chi connectivity index (χ3v) is 6.30. The molecule has 1 fully saturated rings. The molecule has 1 aliphatic rings. The number of carboxylic acid groups (broad SMARTS) is 1. The first-order valence-electron chi connectivity index (χ1n) is 9.11. The normalized spacial score (nSPS) is 18.5. The summed E-state index contributed by atoms with van der Waals surface area (Å²) >= 11 is 7.22. The van der Waals surface area contributed by atoms with Crippen LogP contribution in [-0.4, -0.2) is 42.8 Å². The van der Waals surface area contributed by atoms with Crippen LogP contribution in [0.3, 0.4) is 0 Å². The average molecular weight is 513 g/mol. The van der Waals surface area contributed by atoms with Gasteiger partial charge in [-0.25, -0.2) is 0 Å². The lowest BCUT2D eigenvalue weighted by Gasteiger charge is -2.40. The number of carboxylic acids is 1. The number of rotatable bonds is 6. The maximum atomic E-state index is 12.0. The molecule has 2 atom stereocenters. The maximum Gasteiger partial charge on any atom is 0.320 e. The molecule has 150 valence electrons. The first-order chi connectivity index (χ1) is 13.5. The minimum atomic E-state index is -0.781. The Morgan fingerprint density at radius 1 is 1.14 bits per heavy atom. The van der Waals surface area contributed by atoms with Crippen LogP contribution in [0.25, 0.3) is 0 Å². The SMILES string of the molecule is COc1cc(Br)c(C(c2cccc(Br)c2)N2CCCCC2C(=O)O)cc1OC. The fraction of sp³-hybridized carbons (Fsp3) is 0.381. The van der Waals surface area contributed by atoms with Gasteiger partial charge in [-0.1, -0.05) is 50.4 Å². The van der Waals surface area contributed by atoms with Gasteiger partial charge in [-0.2, -0.15) is 0 Å². The molecule has 0 aliphatic carbocycles. The molecule has 1 N–H and O–H groups in total. The average Bonchev–Trinajstić information content (AvgIpc) is 2.69. The van der Waals surface area contributed by atoms with E-state index < -0.39 is 12.0 Å². The number of halogens is 2.